The van der Waals surface area contributed by atoms with E-state index in [-0.39, 0.29) is 0 Å². The monoisotopic (exact) mass is 397 g/mol. The summed E-state index contributed by atoms with van der Waals surface area (Å²) in [6.45, 7) is 3.15. The maximum absolute atomic E-state index is 12.9. The lowest BCUT2D eigenvalue weighted by Crippen LogP contribution is -2.42. The lowest BCUT2D eigenvalue weighted by Gasteiger charge is -2.22. The van der Waals surface area contributed by atoms with Gasteiger partial charge < -0.3 is 20.1 Å². The fourth-order valence-electron chi connectivity index (χ4n) is 3.15. The van der Waals surface area contributed by atoms with E-state index in [1.807, 2.05) is 19.1 Å². The summed E-state index contributed by atoms with van der Waals surface area (Å²) in [5.74, 6) is 0.00450. The van der Waals surface area contributed by atoms with Crippen molar-refractivity contribution in [3.8, 4) is 11.5 Å². The molecule has 0 unspecified atom stereocenters. The summed E-state index contributed by atoms with van der Waals surface area (Å²) < 4.78 is 10.3. The van der Waals surface area contributed by atoms with Gasteiger partial charge in [0.05, 0.1) is 14.2 Å². The molecule has 2 N–H and O–H groups in total. The molecule has 0 aromatic heterocycles. The van der Waals surface area contributed by atoms with Crippen LogP contribution in [0.15, 0.2) is 42.5 Å². The molecule has 8 heteroatoms. The van der Waals surface area contributed by atoms with Crippen LogP contribution in [0.5, 0.6) is 11.5 Å². The van der Waals surface area contributed by atoms with Crippen molar-refractivity contribution in [1.29, 1.82) is 0 Å². The number of hydrogen-bond acceptors (Lipinski definition) is 5. The summed E-state index contributed by atoms with van der Waals surface area (Å²) in [4.78, 5) is 38.7. The number of urea groups is 1. The number of aryl methyl sites for hydroxylation is 1. The minimum atomic E-state index is -1.22. The Labute approximate surface area is 168 Å². The van der Waals surface area contributed by atoms with Gasteiger partial charge in [-0.2, -0.15) is 0 Å². The van der Waals surface area contributed by atoms with Gasteiger partial charge in [-0.1, -0.05) is 29.8 Å². The van der Waals surface area contributed by atoms with E-state index in [0.717, 1.165) is 10.5 Å². The largest absolute Gasteiger partial charge is 0.497 e. The number of benzene rings is 2. The zero-order valence-electron chi connectivity index (χ0n) is 16.7. The van der Waals surface area contributed by atoms with Gasteiger partial charge in [0, 0.05) is 23.9 Å². The molecule has 1 aliphatic rings. The van der Waals surface area contributed by atoms with Crippen LogP contribution < -0.4 is 20.1 Å². The minimum absolute atomic E-state index is 0.411. The minimum Gasteiger partial charge on any atom is -0.497 e. The molecule has 1 aliphatic heterocycles. The van der Waals surface area contributed by atoms with Crippen LogP contribution in [0.1, 0.15) is 18.1 Å². The average molecular weight is 397 g/mol. The van der Waals surface area contributed by atoms with Crippen LogP contribution in [-0.2, 0) is 15.1 Å². The third-order valence-electron chi connectivity index (χ3n) is 4.84. The molecule has 152 valence electrons. The highest BCUT2D eigenvalue weighted by Gasteiger charge is 2.49. The predicted molar refractivity (Wildman–Crippen MR) is 107 cm³/mol. The molecule has 1 heterocycles. The average Bonchev–Trinajstić information content (AvgIpc) is 2.91. The maximum Gasteiger partial charge on any atom is 0.325 e. The summed E-state index contributed by atoms with van der Waals surface area (Å²) in [6, 6.07) is 11.6. The Kier molecular flexibility index (Phi) is 5.45. The van der Waals surface area contributed by atoms with Crippen LogP contribution in [0.3, 0.4) is 0 Å². The summed E-state index contributed by atoms with van der Waals surface area (Å²) in [6.07, 6.45) is 0. The van der Waals surface area contributed by atoms with E-state index < -0.39 is 29.9 Å². The molecule has 2 aromatic carbocycles. The quantitative estimate of drug-likeness (QED) is 0.730. The Morgan fingerprint density at radius 3 is 2.21 bits per heavy atom. The normalized spacial score (nSPS) is 18.4. The lowest BCUT2D eigenvalue weighted by atomic mass is 9.91. The Hall–Kier alpha value is -3.55. The number of methoxy groups -OCH3 is 2. The van der Waals surface area contributed by atoms with E-state index in [0.29, 0.717) is 22.7 Å². The molecule has 0 radical (unpaired) electrons. The summed E-state index contributed by atoms with van der Waals surface area (Å²) in [5, 5.41) is 5.35. The molecule has 3 rings (SSSR count). The van der Waals surface area contributed by atoms with Crippen LogP contribution >= 0.6 is 0 Å². The molecule has 1 atom stereocenters. The van der Waals surface area contributed by atoms with Gasteiger partial charge in [-0.3, -0.25) is 14.5 Å². The van der Waals surface area contributed by atoms with Crippen molar-refractivity contribution in [1.82, 2.24) is 10.2 Å². The van der Waals surface area contributed by atoms with Crippen LogP contribution in [0.4, 0.5) is 10.5 Å². The zero-order chi connectivity index (χ0) is 21.2. The fraction of sp³-hybridized carbons (Fsp3) is 0.286. The molecule has 0 aliphatic carbocycles. The second-order valence-corrected chi connectivity index (χ2v) is 6.96. The highest BCUT2D eigenvalue weighted by Crippen LogP contribution is 2.29. The predicted octanol–water partition coefficient (Wildman–Crippen LogP) is 2.42. The number of anilines is 1. The molecular formula is C21H23N3O5. The van der Waals surface area contributed by atoms with E-state index in [2.05, 4.69) is 10.6 Å². The number of rotatable bonds is 6. The van der Waals surface area contributed by atoms with Crippen molar-refractivity contribution in [2.75, 3.05) is 26.1 Å². The van der Waals surface area contributed by atoms with Gasteiger partial charge in [-0.25, -0.2) is 4.79 Å². The molecule has 0 spiro atoms. The molecule has 2 aromatic rings. The van der Waals surface area contributed by atoms with E-state index >= 15 is 0 Å². The lowest BCUT2D eigenvalue weighted by molar-refractivity contribution is -0.133. The first-order chi connectivity index (χ1) is 13.8. The van der Waals surface area contributed by atoms with E-state index in [9.17, 15) is 14.4 Å². The third-order valence-corrected chi connectivity index (χ3v) is 4.84. The zero-order valence-corrected chi connectivity index (χ0v) is 16.7. The molecule has 8 nitrogen and oxygen atoms in total. The second kappa shape index (κ2) is 7.83. The Bertz CT molecular complexity index is 935. The van der Waals surface area contributed by atoms with Crippen LogP contribution in [0.25, 0.3) is 0 Å². The SMILES string of the molecule is COc1cc(NC(=O)CN2C(=O)N[C@@](C)(c3ccc(C)cc3)C2=O)cc(OC)c1. The highest BCUT2D eigenvalue weighted by atomic mass is 16.5. The van der Waals surface area contributed by atoms with Crippen molar-refractivity contribution in [3.05, 3.63) is 53.6 Å². The van der Waals surface area contributed by atoms with Gasteiger partial charge in [0.25, 0.3) is 5.91 Å². The third kappa shape index (κ3) is 4.01. The first kappa shape index (κ1) is 20.2. The van der Waals surface area contributed by atoms with Gasteiger partial charge >= 0.3 is 6.03 Å². The van der Waals surface area contributed by atoms with E-state index in [1.165, 1.54) is 14.2 Å². The molecule has 0 bridgehead atoms. The van der Waals surface area contributed by atoms with E-state index in [4.69, 9.17) is 9.47 Å². The van der Waals surface area contributed by atoms with Gasteiger partial charge in [-0.15, -0.1) is 0 Å². The number of amides is 4. The molecule has 4 amide bonds. The Morgan fingerprint density at radius 1 is 1.07 bits per heavy atom. The van der Waals surface area contributed by atoms with Crippen LogP contribution in [0.2, 0.25) is 0 Å². The summed E-state index contributed by atoms with van der Waals surface area (Å²) in [7, 11) is 3.00. The van der Waals surface area contributed by atoms with Gasteiger partial charge in [0.1, 0.15) is 23.6 Å². The van der Waals surface area contributed by atoms with Crippen LogP contribution in [0, 0.1) is 6.92 Å². The smallest absolute Gasteiger partial charge is 0.325 e. The molecular weight excluding hydrogens is 374 g/mol. The van der Waals surface area contributed by atoms with Crippen molar-refractivity contribution in [3.63, 3.8) is 0 Å². The Balaban J connectivity index is 1.75. The number of carbonyl (C=O) groups excluding carboxylic acids is 3. The van der Waals surface area contributed by atoms with Crippen molar-refractivity contribution >= 4 is 23.5 Å². The van der Waals surface area contributed by atoms with Crippen molar-refractivity contribution < 1.29 is 23.9 Å². The highest BCUT2D eigenvalue weighted by molar-refractivity contribution is 6.10. The molecule has 0 saturated carbocycles. The summed E-state index contributed by atoms with van der Waals surface area (Å²) in [5.41, 5.74) is 0.907. The standard InChI is InChI=1S/C21H23N3O5/c1-13-5-7-14(8-6-13)21(2)19(26)24(20(27)23-21)12-18(25)22-15-9-16(28-3)11-17(10-15)29-4/h5-11H,12H2,1-4H3,(H,22,25)(H,23,27)/t21-/m0/s1. The van der Waals surface area contributed by atoms with Crippen molar-refractivity contribution in [2.45, 2.75) is 19.4 Å². The number of imide groups is 1. The second-order valence-electron chi connectivity index (χ2n) is 6.96. The Morgan fingerprint density at radius 2 is 1.66 bits per heavy atom. The first-order valence-electron chi connectivity index (χ1n) is 9.01. The number of carbonyl (C=O) groups is 3. The number of ether oxygens (including phenoxy) is 2. The molecule has 1 saturated heterocycles. The number of nitrogens with zero attached hydrogens (tertiary/aromatic N) is 1. The number of hydrogen-bond donors (Lipinski definition) is 2. The molecule has 1 fully saturated rings. The fourth-order valence-corrected chi connectivity index (χ4v) is 3.15. The van der Waals surface area contributed by atoms with Gasteiger partial charge in [0.2, 0.25) is 5.91 Å². The van der Waals surface area contributed by atoms with Gasteiger partial charge in [-0.05, 0) is 19.4 Å². The van der Waals surface area contributed by atoms with Crippen LogP contribution in [-0.4, -0.2) is 43.5 Å². The topological polar surface area (TPSA) is 97.0 Å². The van der Waals surface area contributed by atoms with Crippen molar-refractivity contribution in [2.24, 2.45) is 0 Å². The first-order valence-corrected chi connectivity index (χ1v) is 9.01. The summed E-state index contributed by atoms with van der Waals surface area (Å²) >= 11 is 0. The van der Waals surface area contributed by atoms with E-state index in [1.54, 1.807) is 37.3 Å². The maximum atomic E-state index is 12.9. The number of nitrogens with one attached hydrogen (secondary N) is 2. The van der Waals surface area contributed by atoms with Gasteiger partial charge in [0.15, 0.2) is 0 Å². The molecule has 29 heavy (non-hydrogen) atoms.